The third-order valence-electron chi connectivity index (χ3n) is 2.58. The van der Waals surface area contributed by atoms with Gasteiger partial charge in [-0.15, -0.1) is 0 Å². The number of H-pyrrole nitrogens is 1. The molecule has 0 aliphatic carbocycles. The molecule has 86 valence electrons. The first kappa shape index (κ1) is 11.4. The van der Waals surface area contributed by atoms with Crippen LogP contribution in [0.3, 0.4) is 0 Å². The van der Waals surface area contributed by atoms with Crippen LogP contribution in [0.4, 0.5) is 0 Å². The van der Waals surface area contributed by atoms with E-state index in [1.807, 2.05) is 0 Å². The molecule has 16 heavy (non-hydrogen) atoms. The third-order valence-corrected chi connectivity index (χ3v) is 3.65. The summed E-state index contributed by atoms with van der Waals surface area (Å²) in [7, 11) is -1.37. The molecule has 0 amide bonds. The summed E-state index contributed by atoms with van der Waals surface area (Å²) in [5, 5.41) is 1.32. The van der Waals surface area contributed by atoms with Crippen LogP contribution in [0, 0.1) is 0 Å². The third kappa shape index (κ3) is 2.74. The van der Waals surface area contributed by atoms with Crippen LogP contribution in [0.1, 0.15) is 5.56 Å². The molecule has 1 heterocycles. The predicted molar refractivity (Wildman–Crippen MR) is 71.3 cm³/mol. The molecule has 2 nitrogen and oxygen atoms in total. The van der Waals surface area contributed by atoms with E-state index < -0.39 is 8.32 Å². The van der Waals surface area contributed by atoms with E-state index in [4.69, 9.17) is 4.43 Å². The molecule has 2 rings (SSSR count). The Kier molecular flexibility index (Phi) is 3.17. The number of fused-ring (bicyclic) bond motifs is 1. The van der Waals surface area contributed by atoms with Crippen molar-refractivity contribution < 1.29 is 4.43 Å². The van der Waals surface area contributed by atoms with Crippen molar-refractivity contribution in [3.63, 3.8) is 0 Å². The minimum atomic E-state index is -1.37. The summed E-state index contributed by atoms with van der Waals surface area (Å²) in [6, 6.07) is 8.41. The van der Waals surface area contributed by atoms with E-state index in [0.717, 1.165) is 13.0 Å². The highest BCUT2D eigenvalue weighted by Gasteiger charge is 2.13. The van der Waals surface area contributed by atoms with Gasteiger partial charge in [-0.1, -0.05) is 18.2 Å². The van der Waals surface area contributed by atoms with Gasteiger partial charge in [0.1, 0.15) is 0 Å². The zero-order chi connectivity index (χ0) is 11.6. The van der Waals surface area contributed by atoms with Crippen molar-refractivity contribution in [1.29, 1.82) is 0 Å². The van der Waals surface area contributed by atoms with Crippen LogP contribution in [-0.4, -0.2) is 19.9 Å². The van der Waals surface area contributed by atoms with Gasteiger partial charge in [0.05, 0.1) is 0 Å². The highest BCUT2D eigenvalue weighted by molar-refractivity contribution is 6.69. The number of nitrogens with one attached hydrogen (secondary N) is 1. The quantitative estimate of drug-likeness (QED) is 0.802. The van der Waals surface area contributed by atoms with Gasteiger partial charge in [0.2, 0.25) is 0 Å². The average Bonchev–Trinajstić information content (AvgIpc) is 2.60. The molecule has 0 aliphatic heterocycles. The van der Waals surface area contributed by atoms with Crippen LogP contribution in [-0.2, 0) is 10.8 Å². The molecule has 0 atom stereocenters. The largest absolute Gasteiger partial charge is 0.417 e. The van der Waals surface area contributed by atoms with Crippen molar-refractivity contribution >= 4 is 19.2 Å². The van der Waals surface area contributed by atoms with Gasteiger partial charge in [-0.25, -0.2) is 0 Å². The van der Waals surface area contributed by atoms with Crippen molar-refractivity contribution in [2.75, 3.05) is 6.61 Å². The summed E-state index contributed by atoms with van der Waals surface area (Å²) in [5.41, 5.74) is 2.57. The SMILES string of the molecule is C[Si](C)(C)OCCc1c[nH]c2ccccc12. The monoisotopic (exact) mass is 233 g/mol. The van der Waals surface area contributed by atoms with Crippen molar-refractivity contribution in [1.82, 2.24) is 4.98 Å². The van der Waals surface area contributed by atoms with Crippen LogP contribution >= 0.6 is 0 Å². The summed E-state index contributed by atoms with van der Waals surface area (Å²) >= 11 is 0. The topological polar surface area (TPSA) is 25.0 Å². The number of para-hydroxylation sites is 1. The minimum Gasteiger partial charge on any atom is -0.417 e. The van der Waals surface area contributed by atoms with Crippen LogP contribution in [0.15, 0.2) is 30.5 Å². The van der Waals surface area contributed by atoms with Crippen molar-refractivity contribution in [3.05, 3.63) is 36.0 Å². The fourth-order valence-corrected chi connectivity index (χ4v) is 2.52. The van der Waals surface area contributed by atoms with Crippen LogP contribution in [0.2, 0.25) is 19.6 Å². The molecule has 3 heteroatoms. The molecule has 0 fully saturated rings. The first-order chi connectivity index (χ1) is 7.56. The Morgan fingerprint density at radius 2 is 1.94 bits per heavy atom. The zero-order valence-corrected chi connectivity index (χ0v) is 11.2. The molecule has 0 spiro atoms. The second kappa shape index (κ2) is 4.43. The molecule has 0 radical (unpaired) electrons. The van der Waals surface area contributed by atoms with E-state index in [-0.39, 0.29) is 0 Å². The van der Waals surface area contributed by atoms with Gasteiger partial charge < -0.3 is 9.41 Å². The maximum absolute atomic E-state index is 5.88. The lowest BCUT2D eigenvalue weighted by atomic mass is 10.1. The van der Waals surface area contributed by atoms with Gasteiger partial charge in [-0.2, -0.15) is 0 Å². The van der Waals surface area contributed by atoms with Crippen molar-refractivity contribution in [2.45, 2.75) is 26.1 Å². The Balaban J connectivity index is 2.05. The van der Waals surface area contributed by atoms with Gasteiger partial charge in [-0.05, 0) is 37.7 Å². The first-order valence-corrected chi connectivity index (χ1v) is 9.16. The molecule has 1 aromatic carbocycles. The number of rotatable bonds is 4. The number of hydrogen-bond acceptors (Lipinski definition) is 1. The normalized spacial score (nSPS) is 12.2. The van der Waals surface area contributed by atoms with E-state index >= 15 is 0 Å². The van der Waals surface area contributed by atoms with E-state index in [9.17, 15) is 0 Å². The maximum atomic E-state index is 5.88. The number of benzene rings is 1. The lowest BCUT2D eigenvalue weighted by Gasteiger charge is -2.16. The second-order valence-electron chi connectivity index (χ2n) is 5.07. The average molecular weight is 233 g/mol. The molecule has 0 saturated heterocycles. The van der Waals surface area contributed by atoms with E-state index in [1.165, 1.54) is 16.5 Å². The number of aromatic amines is 1. The van der Waals surface area contributed by atoms with Crippen LogP contribution < -0.4 is 0 Å². The van der Waals surface area contributed by atoms with Crippen molar-refractivity contribution in [2.24, 2.45) is 0 Å². The van der Waals surface area contributed by atoms with Gasteiger partial charge in [-0.3, -0.25) is 0 Å². The Hall–Kier alpha value is -1.06. The predicted octanol–water partition coefficient (Wildman–Crippen LogP) is 3.56. The van der Waals surface area contributed by atoms with Gasteiger partial charge in [0.25, 0.3) is 0 Å². The molecule has 0 saturated carbocycles. The van der Waals surface area contributed by atoms with E-state index in [1.54, 1.807) is 0 Å². The number of aromatic nitrogens is 1. The summed E-state index contributed by atoms with van der Waals surface area (Å²) in [6.07, 6.45) is 3.09. The fraction of sp³-hybridized carbons (Fsp3) is 0.385. The molecule has 1 N–H and O–H groups in total. The molecule has 2 aromatic rings. The highest BCUT2D eigenvalue weighted by atomic mass is 28.4. The summed E-state index contributed by atoms with van der Waals surface area (Å²) in [6.45, 7) is 7.50. The Bertz CT molecular complexity index is 470. The molecule has 0 aliphatic rings. The molecule has 0 unspecified atom stereocenters. The summed E-state index contributed by atoms with van der Waals surface area (Å²) < 4.78 is 5.88. The number of hydrogen-bond donors (Lipinski definition) is 1. The molecular weight excluding hydrogens is 214 g/mol. The Morgan fingerprint density at radius 1 is 1.19 bits per heavy atom. The van der Waals surface area contributed by atoms with E-state index in [2.05, 4.69) is 55.1 Å². The Labute approximate surface area is 97.8 Å². The maximum Gasteiger partial charge on any atom is 0.183 e. The van der Waals surface area contributed by atoms with Gasteiger partial charge in [0.15, 0.2) is 8.32 Å². The van der Waals surface area contributed by atoms with Crippen molar-refractivity contribution in [3.8, 4) is 0 Å². The molecule has 0 bridgehead atoms. The molecule has 1 aromatic heterocycles. The van der Waals surface area contributed by atoms with Crippen LogP contribution in [0.25, 0.3) is 10.9 Å². The second-order valence-corrected chi connectivity index (χ2v) is 9.58. The van der Waals surface area contributed by atoms with Gasteiger partial charge >= 0.3 is 0 Å². The standard InChI is InChI=1S/C13H19NOSi/c1-16(2,3)15-9-8-11-10-14-13-7-5-4-6-12(11)13/h4-7,10,14H,8-9H2,1-3H3. The summed E-state index contributed by atoms with van der Waals surface area (Å²) in [5.74, 6) is 0. The van der Waals surface area contributed by atoms with Crippen LogP contribution in [0.5, 0.6) is 0 Å². The Morgan fingerprint density at radius 3 is 2.69 bits per heavy atom. The lowest BCUT2D eigenvalue weighted by molar-refractivity contribution is 0.316. The minimum absolute atomic E-state index is 0.831. The highest BCUT2D eigenvalue weighted by Crippen LogP contribution is 2.18. The van der Waals surface area contributed by atoms with E-state index in [0.29, 0.717) is 0 Å². The zero-order valence-electron chi connectivity index (χ0n) is 10.2. The fourth-order valence-electron chi connectivity index (χ4n) is 1.81. The lowest BCUT2D eigenvalue weighted by Crippen LogP contribution is -2.26. The molecular formula is C13H19NOSi. The summed E-state index contributed by atoms with van der Waals surface area (Å²) in [4.78, 5) is 3.29. The first-order valence-electron chi connectivity index (χ1n) is 5.75. The van der Waals surface area contributed by atoms with Gasteiger partial charge in [0, 0.05) is 23.7 Å². The smallest absolute Gasteiger partial charge is 0.183 e.